The first kappa shape index (κ1) is 46.3. The molecule has 3 aromatic rings. The molecule has 1 saturated heterocycles. The fourth-order valence-electron chi connectivity index (χ4n) is 7.37. The Morgan fingerprint density at radius 3 is 2.19 bits per heavy atom. The van der Waals surface area contributed by atoms with E-state index >= 15 is 0 Å². The van der Waals surface area contributed by atoms with Gasteiger partial charge in [-0.3, -0.25) is 0 Å². The van der Waals surface area contributed by atoms with E-state index in [2.05, 4.69) is 29.1 Å². The number of fused-ring (bicyclic) bond motifs is 1. The highest BCUT2D eigenvalue weighted by Gasteiger charge is 2.43. The molecule has 2 aromatic heterocycles. The second kappa shape index (κ2) is 25.9. The molecule has 3 N–H and O–H groups in total. The number of nitrogens with zero attached hydrogens (tertiary/aromatic N) is 5. The van der Waals surface area contributed by atoms with Crippen molar-refractivity contribution in [1.29, 1.82) is 10.5 Å². The van der Waals surface area contributed by atoms with Crippen molar-refractivity contribution in [3.05, 3.63) is 53.5 Å². The molecule has 3 heterocycles. The van der Waals surface area contributed by atoms with Crippen molar-refractivity contribution in [2.24, 2.45) is 0 Å². The van der Waals surface area contributed by atoms with Crippen LogP contribution in [0, 0.1) is 22.7 Å². The molecule has 1 fully saturated rings. The zero-order valence-electron chi connectivity index (χ0n) is 34.7. The Hall–Kier alpha value is -3.35. The molecule has 4 rings (SSSR count). The quantitative estimate of drug-likeness (QED) is 0.0485. The average molecular weight is 807 g/mol. The summed E-state index contributed by atoms with van der Waals surface area (Å²) >= 11 is 0. The highest BCUT2D eigenvalue weighted by molar-refractivity contribution is 7.40. The zero-order chi connectivity index (χ0) is 40.7. The first-order valence-electron chi connectivity index (χ1n) is 21.5. The number of anilines is 1. The van der Waals surface area contributed by atoms with Gasteiger partial charge in [0.25, 0.3) is 0 Å². The van der Waals surface area contributed by atoms with Crippen LogP contribution in [0.2, 0.25) is 0 Å². The van der Waals surface area contributed by atoms with E-state index < -0.39 is 20.3 Å². The van der Waals surface area contributed by atoms with Crippen LogP contribution < -0.4 is 10.5 Å². The van der Waals surface area contributed by atoms with Gasteiger partial charge in [0.1, 0.15) is 35.8 Å². The van der Waals surface area contributed by atoms with Crippen LogP contribution in [0.5, 0.6) is 5.75 Å². The van der Waals surface area contributed by atoms with Crippen molar-refractivity contribution in [1.82, 2.24) is 14.6 Å². The normalized spacial score (nSPS) is 17.8. The van der Waals surface area contributed by atoms with E-state index in [0.717, 1.165) is 30.5 Å². The van der Waals surface area contributed by atoms with Gasteiger partial charge in [-0.25, -0.2) is 9.50 Å². The summed E-state index contributed by atoms with van der Waals surface area (Å²) in [5.41, 5.74) is 7.56. The monoisotopic (exact) mass is 806 g/mol. The molecule has 4 unspecified atom stereocenters. The lowest BCUT2D eigenvalue weighted by atomic mass is 10.0. The third-order valence-electron chi connectivity index (χ3n) is 10.6. The molecule has 1 aliphatic rings. The predicted octanol–water partition coefficient (Wildman–Crippen LogP) is 11.0. The molecule has 1 aliphatic heterocycles. The maximum atomic E-state index is 10.8. The topological polar surface area (TPSA) is 170 Å². The SMILES string of the molecule is CCCCCCCCCCCCCCCCCCCC(COP(O)OCC1(C#N)CCC(c2ccc3c(N)ncnn23)O1)OCc1ccc(C#N)c(OC(C)C)c1. The van der Waals surface area contributed by atoms with E-state index in [1.54, 1.807) is 10.6 Å². The van der Waals surface area contributed by atoms with Gasteiger partial charge in [-0.15, -0.1) is 0 Å². The summed E-state index contributed by atoms with van der Waals surface area (Å²) < 4.78 is 31.7. The van der Waals surface area contributed by atoms with Gasteiger partial charge in [0, 0.05) is 0 Å². The van der Waals surface area contributed by atoms with Crippen LogP contribution in [0.3, 0.4) is 0 Å². The molecule has 4 atom stereocenters. The van der Waals surface area contributed by atoms with Crippen LogP contribution in [0.15, 0.2) is 36.7 Å². The Balaban J connectivity index is 1.19. The molecule has 0 saturated carbocycles. The molecular formula is C44H67N6O6P. The van der Waals surface area contributed by atoms with E-state index in [0.29, 0.717) is 42.1 Å². The Morgan fingerprint density at radius 1 is 0.930 bits per heavy atom. The summed E-state index contributed by atoms with van der Waals surface area (Å²) in [5.74, 6) is 0.897. The number of aromatic nitrogens is 3. The summed E-state index contributed by atoms with van der Waals surface area (Å²) in [6, 6.07) is 13.6. The van der Waals surface area contributed by atoms with Gasteiger partial charge in [0.05, 0.1) is 43.3 Å². The van der Waals surface area contributed by atoms with Gasteiger partial charge >= 0.3 is 8.60 Å². The minimum atomic E-state index is -2.29. The fraction of sp³-hybridized carbons (Fsp3) is 0.682. The van der Waals surface area contributed by atoms with Gasteiger partial charge in [-0.2, -0.15) is 15.6 Å². The number of nitrogen functional groups attached to an aromatic ring is 1. The molecule has 57 heavy (non-hydrogen) atoms. The molecule has 0 aliphatic carbocycles. The lowest BCUT2D eigenvalue weighted by Gasteiger charge is -2.24. The number of ether oxygens (including phenoxy) is 3. The molecule has 12 nitrogen and oxygen atoms in total. The van der Waals surface area contributed by atoms with E-state index in [1.807, 2.05) is 38.1 Å². The van der Waals surface area contributed by atoms with Crippen molar-refractivity contribution in [2.45, 2.75) is 180 Å². The molecule has 1 aromatic carbocycles. The molecule has 13 heteroatoms. The smallest absolute Gasteiger partial charge is 0.330 e. The van der Waals surface area contributed by atoms with Gasteiger partial charge in [-0.05, 0) is 62.9 Å². The lowest BCUT2D eigenvalue weighted by Crippen LogP contribution is -2.31. The first-order chi connectivity index (χ1) is 27.8. The summed E-state index contributed by atoms with van der Waals surface area (Å²) in [6.45, 7) is 6.42. The maximum absolute atomic E-state index is 10.8. The summed E-state index contributed by atoms with van der Waals surface area (Å²) in [5, 5.41) is 23.9. The Labute approximate surface area is 342 Å². The third-order valence-corrected chi connectivity index (χ3v) is 11.4. The van der Waals surface area contributed by atoms with Gasteiger partial charge in [-0.1, -0.05) is 122 Å². The predicted molar refractivity (Wildman–Crippen MR) is 224 cm³/mol. The Kier molecular flexibility index (Phi) is 21.1. The van der Waals surface area contributed by atoms with E-state index in [4.69, 9.17) is 29.0 Å². The second-order valence-electron chi connectivity index (χ2n) is 15.7. The highest BCUT2D eigenvalue weighted by Crippen LogP contribution is 2.43. The maximum Gasteiger partial charge on any atom is 0.330 e. The highest BCUT2D eigenvalue weighted by atomic mass is 31.2. The molecule has 0 radical (unpaired) electrons. The largest absolute Gasteiger partial charge is 0.490 e. The van der Waals surface area contributed by atoms with Crippen LogP contribution in [-0.4, -0.2) is 50.5 Å². The Morgan fingerprint density at radius 2 is 1.58 bits per heavy atom. The summed E-state index contributed by atoms with van der Waals surface area (Å²) in [6.07, 6.45) is 24.7. The minimum Gasteiger partial charge on any atom is -0.490 e. The molecule has 0 bridgehead atoms. The first-order valence-corrected chi connectivity index (χ1v) is 22.6. The molecule has 314 valence electrons. The number of rotatable bonds is 30. The van der Waals surface area contributed by atoms with Crippen LogP contribution in [-0.2, 0) is 25.1 Å². The van der Waals surface area contributed by atoms with Crippen molar-refractivity contribution < 1.29 is 28.2 Å². The fourth-order valence-corrected chi connectivity index (χ4v) is 8.06. The lowest BCUT2D eigenvalue weighted by molar-refractivity contribution is -0.0395. The van der Waals surface area contributed by atoms with Crippen LogP contribution >= 0.6 is 8.60 Å². The number of nitrogens with two attached hydrogens (primary N) is 1. The van der Waals surface area contributed by atoms with Crippen molar-refractivity contribution in [3.8, 4) is 17.9 Å². The minimum absolute atomic E-state index is 0.0681. The Bertz CT molecular complexity index is 1680. The molecule has 0 amide bonds. The van der Waals surface area contributed by atoms with Crippen LogP contribution in [0.4, 0.5) is 5.82 Å². The number of hydrogen-bond acceptors (Lipinski definition) is 11. The van der Waals surface area contributed by atoms with Gasteiger partial charge in [0.15, 0.2) is 11.4 Å². The standard InChI is InChI=1S/C44H67N6O6P/c1-4-5-6-7-8-9-10-11-12-13-14-15-16-17-18-19-20-21-38(52-30-36-22-23-37(29-45)42(28-36)55-35(2)3)31-53-57(51)54-33-44(32-46)27-26-41(56-44)39-24-25-40-43(47)48-34-49-50(39)40/h22-25,28,34-35,38,41,51H,4-21,26-27,30-31,33H2,1-3H3,(H2,47,48,49). The van der Waals surface area contributed by atoms with Crippen LogP contribution in [0.25, 0.3) is 5.52 Å². The molecular weight excluding hydrogens is 739 g/mol. The summed E-state index contributed by atoms with van der Waals surface area (Å²) in [4.78, 5) is 14.8. The van der Waals surface area contributed by atoms with Gasteiger partial charge in [0.2, 0.25) is 0 Å². The van der Waals surface area contributed by atoms with Crippen molar-refractivity contribution in [2.75, 3.05) is 18.9 Å². The van der Waals surface area contributed by atoms with E-state index in [-0.39, 0.29) is 25.4 Å². The summed E-state index contributed by atoms with van der Waals surface area (Å²) in [7, 11) is -2.29. The van der Waals surface area contributed by atoms with Gasteiger partial charge < -0.3 is 33.9 Å². The second-order valence-corrected chi connectivity index (χ2v) is 16.7. The third kappa shape index (κ3) is 16.1. The van der Waals surface area contributed by atoms with Crippen LogP contribution in [0.1, 0.15) is 172 Å². The number of benzene rings is 1. The number of hydrogen-bond donors (Lipinski definition) is 2. The van der Waals surface area contributed by atoms with E-state index in [9.17, 15) is 15.4 Å². The zero-order valence-corrected chi connectivity index (χ0v) is 35.6. The van der Waals surface area contributed by atoms with E-state index in [1.165, 1.54) is 103 Å². The number of unbranched alkanes of at least 4 members (excludes halogenated alkanes) is 16. The van der Waals surface area contributed by atoms with Crippen molar-refractivity contribution >= 4 is 19.9 Å². The molecule has 0 spiro atoms. The average Bonchev–Trinajstić information content (AvgIpc) is 3.85. The van der Waals surface area contributed by atoms with Crippen molar-refractivity contribution in [3.63, 3.8) is 0 Å². The number of nitriles is 2.